The lowest BCUT2D eigenvalue weighted by atomic mass is 9.95. The molecule has 0 aromatic heterocycles. The van der Waals surface area contributed by atoms with E-state index < -0.39 is 0 Å². The van der Waals surface area contributed by atoms with Gasteiger partial charge in [0, 0.05) is 6.54 Å². The lowest BCUT2D eigenvalue weighted by Crippen LogP contribution is -2.37. The lowest BCUT2D eigenvalue weighted by molar-refractivity contribution is -0.147. The summed E-state index contributed by atoms with van der Waals surface area (Å²) in [6.07, 6.45) is 5.21. The topological polar surface area (TPSA) is 29.5 Å². The highest BCUT2D eigenvalue weighted by atomic mass is 16.5. The summed E-state index contributed by atoms with van der Waals surface area (Å²) in [5, 5.41) is 0. The van der Waals surface area contributed by atoms with Crippen molar-refractivity contribution in [3.63, 3.8) is 0 Å². The van der Waals surface area contributed by atoms with E-state index in [1.807, 2.05) is 0 Å². The third-order valence-corrected chi connectivity index (χ3v) is 3.46. The molecule has 1 aliphatic rings. The zero-order valence-corrected chi connectivity index (χ0v) is 10.9. The van der Waals surface area contributed by atoms with Gasteiger partial charge in [-0.2, -0.15) is 0 Å². The maximum atomic E-state index is 11.7. The second kappa shape index (κ2) is 6.89. The number of hydrogen-bond acceptors (Lipinski definition) is 3. The van der Waals surface area contributed by atoms with Gasteiger partial charge in [0.1, 0.15) is 0 Å². The summed E-state index contributed by atoms with van der Waals surface area (Å²) in [6, 6.07) is 0. The summed E-state index contributed by atoms with van der Waals surface area (Å²) in [5.74, 6) is 0.332. The zero-order valence-electron chi connectivity index (χ0n) is 10.9. The first-order chi connectivity index (χ1) is 7.65. The molecule has 0 aromatic carbocycles. The van der Waals surface area contributed by atoms with Crippen LogP contribution in [-0.2, 0) is 9.53 Å². The van der Waals surface area contributed by atoms with Crippen LogP contribution in [0.2, 0.25) is 0 Å². The fourth-order valence-electron chi connectivity index (χ4n) is 2.31. The minimum Gasteiger partial charge on any atom is -0.469 e. The van der Waals surface area contributed by atoms with Crippen molar-refractivity contribution in [2.24, 2.45) is 11.8 Å². The molecule has 3 nitrogen and oxygen atoms in total. The molecule has 1 saturated heterocycles. The molecular weight excluding hydrogens is 202 g/mol. The Morgan fingerprint density at radius 2 is 1.75 bits per heavy atom. The van der Waals surface area contributed by atoms with E-state index in [0.29, 0.717) is 5.92 Å². The van der Waals surface area contributed by atoms with Gasteiger partial charge >= 0.3 is 5.97 Å². The third kappa shape index (κ3) is 4.12. The Morgan fingerprint density at radius 3 is 2.19 bits per heavy atom. The molecule has 0 saturated carbocycles. The molecule has 0 radical (unpaired) electrons. The van der Waals surface area contributed by atoms with Gasteiger partial charge in [-0.05, 0) is 31.8 Å². The van der Waals surface area contributed by atoms with E-state index in [0.717, 1.165) is 19.6 Å². The minimum atomic E-state index is -0.0563. The smallest absolute Gasteiger partial charge is 0.310 e. The molecule has 1 rings (SSSR count). The second-order valence-electron chi connectivity index (χ2n) is 5.09. The fourth-order valence-corrected chi connectivity index (χ4v) is 2.31. The molecule has 0 bridgehead atoms. The van der Waals surface area contributed by atoms with Crippen molar-refractivity contribution < 1.29 is 9.53 Å². The van der Waals surface area contributed by atoms with Gasteiger partial charge in [0.15, 0.2) is 0 Å². The molecule has 3 heteroatoms. The summed E-state index contributed by atoms with van der Waals surface area (Å²) in [5.41, 5.74) is 0. The van der Waals surface area contributed by atoms with Crippen LogP contribution in [0.3, 0.4) is 0 Å². The molecule has 0 spiro atoms. The minimum absolute atomic E-state index is 0.0306. The van der Waals surface area contributed by atoms with Crippen LogP contribution < -0.4 is 0 Å². The Morgan fingerprint density at radius 1 is 1.19 bits per heavy atom. The van der Waals surface area contributed by atoms with Gasteiger partial charge in [0.25, 0.3) is 0 Å². The van der Waals surface area contributed by atoms with Crippen LogP contribution in [0.25, 0.3) is 0 Å². The van der Waals surface area contributed by atoms with E-state index in [9.17, 15) is 4.79 Å². The second-order valence-corrected chi connectivity index (χ2v) is 5.09. The first-order valence-electron chi connectivity index (χ1n) is 6.45. The molecule has 16 heavy (non-hydrogen) atoms. The van der Waals surface area contributed by atoms with Crippen molar-refractivity contribution >= 4 is 5.97 Å². The monoisotopic (exact) mass is 227 g/mol. The summed E-state index contributed by atoms with van der Waals surface area (Å²) >= 11 is 0. The molecule has 0 N–H and O–H groups in total. The highest BCUT2D eigenvalue weighted by molar-refractivity contribution is 5.72. The molecule has 1 fully saturated rings. The van der Waals surface area contributed by atoms with Crippen molar-refractivity contribution in [3.05, 3.63) is 0 Å². The van der Waals surface area contributed by atoms with Crippen LogP contribution in [0.15, 0.2) is 0 Å². The average Bonchev–Trinajstić information content (AvgIpc) is 2.52. The van der Waals surface area contributed by atoms with Gasteiger partial charge in [-0.1, -0.05) is 26.7 Å². The summed E-state index contributed by atoms with van der Waals surface area (Å²) in [7, 11) is 1.49. The lowest BCUT2D eigenvalue weighted by Gasteiger charge is -2.26. The van der Waals surface area contributed by atoms with Crippen molar-refractivity contribution in [2.45, 2.75) is 39.5 Å². The van der Waals surface area contributed by atoms with Gasteiger partial charge in [0.05, 0.1) is 13.0 Å². The molecule has 1 heterocycles. The molecule has 94 valence electrons. The van der Waals surface area contributed by atoms with E-state index in [4.69, 9.17) is 4.74 Å². The standard InChI is InChI=1S/C13H25NO2/c1-11(2)12(13(15)16-3)10-14-8-6-4-5-7-9-14/h11-12H,4-10H2,1-3H3. The highest BCUT2D eigenvalue weighted by Gasteiger charge is 2.25. The first kappa shape index (κ1) is 13.5. The van der Waals surface area contributed by atoms with Gasteiger partial charge in [0.2, 0.25) is 0 Å². The molecule has 1 unspecified atom stereocenters. The Labute approximate surface area is 99.1 Å². The number of carbonyl (C=O) groups is 1. The number of esters is 1. The molecule has 0 amide bonds. The first-order valence-corrected chi connectivity index (χ1v) is 6.45. The SMILES string of the molecule is COC(=O)C(CN1CCCCCC1)C(C)C. The number of nitrogens with zero attached hydrogens (tertiary/aromatic N) is 1. The largest absolute Gasteiger partial charge is 0.469 e. The van der Waals surface area contributed by atoms with E-state index in [2.05, 4.69) is 18.7 Å². The number of carbonyl (C=O) groups excluding carboxylic acids is 1. The Bertz CT molecular complexity index is 208. The van der Waals surface area contributed by atoms with Crippen LogP contribution >= 0.6 is 0 Å². The maximum Gasteiger partial charge on any atom is 0.310 e. The predicted octanol–water partition coefficient (Wildman–Crippen LogP) is 2.31. The van der Waals surface area contributed by atoms with Crippen molar-refractivity contribution in [3.8, 4) is 0 Å². The van der Waals surface area contributed by atoms with Crippen LogP contribution in [0.4, 0.5) is 0 Å². The molecule has 1 aliphatic heterocycles. The van der Waals surface area contributed by atoms with E-state index >= 15 is 0 Å². The Balaban J connectivity index is 2.49. The van der Waals surface area contributed by atoms with Crippen LogP contribution in [-0.4, -0.2) is 37.6 Å². The van der Waals surface area contributed by atoms with Gasteiger partial charge in [-0.15, -0.1) is 0 Å². The van der Waals surface area contributed by atoms with Gasteiger partial charge in [-0.25, -0.2) is 0 Å². The highest BCUT2D eigenvalue weighted by Crippen LogP contribution is 2.17. The van der Waals surface area contributed by atoms with E-state index in [1.54, 1.807) is 0 Å². The van der Waals surface area contributed by atoms with Crippen LogP contribution in [0, 0.1) is 11.8 Å². The summed E-state index contributed by atoms with van der Waals surface area (Å²) < 4.78 is 4.88. The average molecular weight is 227 g/mol. The summed E-state index contributed by atoms with van der Waals surface area (Å²) in [4.78, 5) is 14.1. The third-order valence-electron chi connectivity index (χ3n) is 3.46. The van der Waals surface area contributed by atoms with Crippen molar-refractivity contribution in [1.82, 2.24) is 4.90 Å². The van der Waals surface area contributed by atoms with E-state index in [-0.39, 0.29) is 11.9 Å². The van der Waals surface area contributed by atoms with Crippen molar-refractivity contribution in [1.29, 1.82) is 0 Å². The number of ether oxygens (including phenoxy) is 1. The number of hydrogen-bond donors (Lipinski definition) is 0. The van der Waals surface area contributed by atoms with E-state index in [1.165, 1.54) is 32.8 Å². The normalized spacial score (nSPS) is 20.5. The summed E-state index contributed by atoms with van der Waals surface area (Å²) in [6.45, 7) is 7.34. The van der Waals surface area contributed by atoms with Gasteiger partial charge in [-0.3, -0.25) is 4.79 Å². The van der Waals surface area contributed by atoms with Crippen LogP contribution in [0.5, 0.6) is 0 Å². The predicted molar refractivity (Wildman–Crippen MR) is 65.3 cm³/mol. The van der Waals surface area contributed by atoms with Crippen LogP contribution in [0.1, 0.15) is 39.5 Å². The Kier molecular flexibility index (Phi) is 5.81. The maximum absolute atomic E-state index is 11.7. The Hall–Kier alpha value is -0.570. The van der Waals surface area contributed by atoms with Crippen molar-refractivity contribution in [2.75, 3.05) is 26.7 Å². The molecule has 0 aromatic rings. The quantitative estimate of drug-likeness (QED) is 0.690. The zero-order chi connectivity index (χ0) is 12.0. The number of methoxy groups -OCH3 is 1. The molecule has 1 atom stereocenters. The fraction of sp³-hybridized carbons (Fsp3) is 0.923. The number of rotatable bonds is 4. The molecular formula is C13H25NO2. The van der Waals surface area contributed by atoms with Gasteiger partial charge < -0.3 is 9.64 Å². The number of likely N-dealkylation sites (tertiary alicyclic amines) is 1. The molecule has 0 aliphatic carbocycles.